The number of hydrogen-bond acceptors (Lipinski definition) is 4. The summed E-state index contributed by atoms with van der Waals surface area (Å²) in [5, 5.41) is 3.79. The molecule has 29 heavy (non-hydrogen) atoms. The average Bonchev–Trinajstić information content (AvgIpc) is 3.26. The molecule has 3 heterocycles. The summed E-state index contributed by atoms with van der Waals surface area (Å²) >= 11 is 12.5. The molecule has 0 saturated carbocycles. The van der Waals surface area contributed by atoms with E-state index < -0.39 is 0 Å². The van der Waals surface area contributed by atoms with E-state index in [0.717, 1.165) is 37.8 Å². The van der Waals surface area contributed by atoms with Crippen LogP contribution in [0.5, 0.6) is 0 Å². The van der Waals surface area contributed by atoms with Gasteiger partial charge in [0.25, 0.3) is 5.91 Å². The van der Waals surface area contributed by atoms with E-state index in [2.05, 4.69) is 27.3 Å². The number of fused-ring (bicyclic) bond motifs is 2. The van der Waals surface area contributed by atoms with Crippen LogP contribution in [-0.4, -0.2) is 47.6 Å². The zero-order valence-electron chi connectivity index (χ0n) is 16.4. The predicted octanol–water partition coefficient (Wildman–Crippen LogP) is 4.50. The topological polar surface area (TPSA) is 54.5 Å². The van der Waals surface area contributed by atoms with Crippen LogP contribution in [0.15, 0.2) is 42.7 Å². The summed E-state index contributed by atoms with van der Waals surface area (Å²) in [6.07, 6.45) is 7.26. The molecule has 1 N–H and O–H groups in total. The smallest absolute Gasteiger partial charge is 0.254 e. The normalized spacial score (nSPS) is 24.6. The largest absolute Gasteiger partial charge is 0.383 e. The van der Waals surface area contributed by atoms with Crippen molar-refractivity contribution in [3.63, 3.8) is 0 Å². The van der Waals surface area contributed by atoms with Gasteiger partial charge in [-0.05, 0) is 31.2 Å². The van der Waals surface area contributed by atoms with E-state index in [1.165, 1.54) is 12.4 Å². The highest BCUT2D eigenvalue weighted by atomic mass is 35.5. The third kappa shape index (κ3) is 3.77. The lowest BCUT2D eigenvalue weighted by atomic mass is 9.78. The van der Waals surface area contributed by atoms with E-state index >= 15 is 0 Å². The molecule has 4 rings (SSSR count). The van der Waals surface area contributed by atoms with Gasteiger partial charge < -0.3 is 10.1 Å². The van der Waals surface area contributed by atoms with E-state index in [0.29, 0.717) is 12.6 Å². The first-order valence-corrected chi connectivity index (χ1v) is 10.7. The van der Waals surface area contributed by atoms with Gasteiger partial charge in [-0.2, -0.15) is 0 Å². The average molecular weight is 434 g/mol. The molecule has 0 aliphatic carbocycles. The fourth-order valence-electron chi connectivity index (χ4n) is 5.12. The van der Waals surface area contributed by atoms with E-state index in [1.807, 2.05) is 18.2 Å². The van der Waals surface area contributed by atoms with Crippen molar-refractivity contribution < 1.29 is 9.53 Å². The van der Waals surface area contributed by atoms with Crippen LogP contribution in [0.1, 0.15) is 47.6 Å². The molecule has 154 valence electrons. The number of halogens is 2. The van der Waals surface area contributed by atoms with E-state index in [-0.39, 0.29) is 33.1 Å². The number of nitrogens with one attached hydrogen (secondary N) is 1. The van der Waals surface area contributed by atoms with Crippen LogP contribution in [-0.2, 0) is 4.74 Å². The Hall–Kier alpha value is -1.66. The minimum atomic E-state index is -0.271. The monoisotopic (exact) mass is 433 g/mol. The third-order valence-electron chi connectivity index (χ3n) is 6.40. The highest BCUT2D eigenvalue weighted by Gasteiger charge is 2.56. The van der Waals surface area contributed by atoms with Crippen molar-refractivity contribution in [2.75, 3.05) is 20.3 Å². The third-order valence-corrected chi connectivity index (χ3v) is 6.97. The molecule has 2 aromatic rings. The summed E-state index contributed by atoms with van der Waals surface area (Å²) in [5.74, 6) is -0.271. The summed E-state index contributed by atoms with van der Waals surface area (Å²) in [5.41, 5.74) is 1.23. The Bertz CT molecular complexity index is 849. The van der Waals surface area contributed by atoms with Crippen LogP contribution in [0, 0.1) is 0 Å². The Morgan fingerprint density at radius 2 is 1.90 bits per heavy atom. The Labute approximate surface area is 181 Å². The first kappa shape index (κ1) is 20.6. The van der Waals surface area contributed by atoms with Crippen molar-refractivity contribution in [2.24, 2.45) is 0 Å². The summed E-state index contributed by atoms with van der Waals surface area (Å²) in [7, 11) is 1.73. The molecule has 1 aromatic carbocycles. The van der Waals surface area contributed by atoms with Crippen LogP contribution >= 0.6 is 23.2 Å². The van der Waals surface area contributed by atoms with E-state index in [4.69, 9.17) is 27.9 Å². The molecule has 2 aliphatic rings. The number of carbonyl (C=O) groups excluding carboxylic acids is 1. The maximum atomic E-state index is 13.3. The van der Waals surface area contributed by atoms with Crippen molar-refractivity contribution in [2.45, 2.75) is 43.3 Å². The predicted molar refractivity (Wildman–Crippen MR) is 114 cm³/mol. The maximum Gasteiger partial charge on any atom is 0.254 e. The summed E-state index contributed by atoms with van der Waals surface area (Å²) in [6, 6.07) is 10.6. The van der Waals surface area contributed by atoms with Crippen molar-refractivity contribution in [3.8, 4) is 0 Å². The van der Waals surface area contributed by atoms with Gasteiger partial charge in [0.2, 0.25) is 0 Å². The van der Waals surface area contributed by atoms with Crippen molar-refractivity contribution in [3.05, 3.63) is 63.9 Å². The van der Waals surface area contributed by atoms with Gasteiger partial charge in [-0.15, -0.1) is 0 Å². The van der Waals surface area contributed by atoms with Gasteiger partial charge in [-0.3, -0.25) is 14.7 Å². The quantitative estimate of drug-likeness (QED) is 0.697. The second-order valence-electron chi connectivity index (χ2n) is 7.82. The molecule has 2 aliphatic heterocycles. The number of pyridine rings is 1. The summed E-state index contributed by atoms with van der Waals surface area (Å²) < 4.78 is 5.37. The van der Waals surface area contributed by atoms with Crippen LogP contribution in [0.2, 0.25) is 10.0 Å². The first-order valence-electron chi connectivity index (χ1n) is 9.97. The maximum absolute atomic E-state index is 13.3. The zero-order valence-corrected chi connectivity index (χ0v) is 17.9. The van der Waals surface area contributed by atoms with Crippen molar-refractivity contribution in [1.82, 2.24) is 15.2 Å². The number of methoxy groups -OCH3 is 1. The number of carbonyl (C=O) groups is 1. The molecule has 5 nitrogen and oxygen atoms in total. The second-order valence-corrected chi connectivity index (χ2v) is 8.63. The number of aromatic nitrogens is 1. The standard InChI is InChI=1S/C22H25Cl2N3O2/c1-29-12-11-27-16-7-9-22(27,10-8-16)20(15-5-3-2-4-6-15)26-21(28)19-17(23)13-25-14-18(19)24/h2-6,13-14,16,20H,7-12H2,1H3,(H,26,28). The lowest BCUT2D eigenvalue weighted by molar-refractivity contribution is 0.0638. The highest BCUT2D eigenvalue weighted by Crippen LogP contribution is 2.52. The zero-order chi connectivity index (χ0) is 20.4. The van der Waals surface area contributed by atoms with Crippen LogP contribution in [0.3, 0.4) is 0 Å². The number of rotatable bonds is 7. The van der Waals surface area contributed by atoms with Crippen LogP contribution in [0.25, 0.3) is 0 Å². The Morgan fingerprint density at radius 1 is 1.24 bits per heavy atom. The minimum absolute atomic E-state index is 0.133. The molecular weight excluding hydrogens is 409 g/mol. The Kier molecular flexibility index (Phi) is 6.11. The molecule has 1 unspecified atom stereocenters. The molecule has 0 spiro atoms. The highest BCUT2D eigenvalue weighted by molar-refractivity contribution is 6.39. The van der Waals surface area contributed by atoms with Gasteiger partial charge in [0.15, 0.2) is 0 Å². The molecule has 0 radical (unpaired) electrons. The van der Waals surface area contributed by atoms with E-state index in [1.54, 1.807) is 7.11 Å². The van der Waals surface area contributed by atoms with Gasteiger partial charge in [0.1, 0.15) is 0 Å². The number of ether oxygens (including phenoxy) is 1. The minimum Gasteiger partial charge on any atom is -0.383 e. The molecule has 1 amide bonds. The Morgan fingerprint density at radius 3 is 2.52 bits per heavy atom. The van der Waals surface area contributed by atoms with Crippen LogP contribution in [0.4, 0.5) is 0 Å². The van der Waals surface area contributed by atoms with Gasteiger partial charge in [-0.25, -0.2) is 0 Å². The lowest BCUT2D eigenvalue weighted by Crippen LogP contribution is -2.53. The molecule has 1 aromatic heterocycles. The second kappa shape index (κ2) is 8.60. The molecule has 2 saturated heterocycles. The van der Waals surface area contributed by atoms with Gasteiger partial charge in [0.05, 0.1) is 28.3 Å². The number of hydrogen-bond donors (Lipinski definition) is 1. The van der Waals surface area contributed by atoms with Crippen molar-refractivity contribution >= 4 is 29.1 Å². The van der Waals surface area contributed by atoms with Crippen molar-refractivity contribution in [1.29, 1.82) is 0 Å². The number of nitrogens with zero attached hydrogens (tertiary/aromatic N) is 2. The number of amides is 1. The molecule has 1 atom stereocenters. The van der Waals surface area contributed by atoms with Gasteiger partial charge >= 0.3 is 0 Å². The molecule has 2 bridgehead atoms. The van der Waals surface area contributed by atoms with Crippen LogP contribution < -0.4 is 5.32 Å². The fraction of sp³-hybridized carbons (Fsp3) is 0.455. The molecular formula is C22H25Cl2N3O2. The lowest BCUT2D eigenvalue weighted by Gasteiger charge is -2.42. The van der Waals surface area contributed by atoms with Gasteiger partial charge in [0, 0.05) is 37.6 Å². The number of benzene rings is 1. The summed E-state index contributed by atoms with van der Waals surface area (Å²) in [6.45, 7) is 1.53. The molecule has 2 fully saturated rings. The van der Waals surface area contributed by atoms with E-state index in [9.17, 15) is 4.79 Å². The first-order chi connectivity index (χ1) is 14.1. The van der Waals surface area contributed by atoms with Gasteiger partial charge in [-0.1, -0.05) is 53.5 Å². The molecule has 7 heteroatoms. The summed E-state index contributed by atoms with van der Waals surface area (Å²) in [4.78, 5) is 19.8. The fourth-order valence-corrected chi connectivity index (χ4v) is 5.66. The SMILES string of the molecule is COCCN1C2CCC1(C(NC(=O)c1c(Cl)cncc1Cl)c1ccccc1)CC2. The Balaban J connectivity index is 1.71.